The Bertz CT molecular complexity index is 303. The zero-order valence-corrected chi connectivity index (χ0v) is 8.34. The first kappa shape index (κ1) is 15.6. The molecule has 82 valence electrons. The molecule has 0 aliphatic carbocycles. The quantitative estimate of drug-likeness (QED) is 0.741. The number of nitrogens with two attached hydrogens (primary N) is 2. The van der Waals surface area contributed by atoms with E-state index in [1.165, 1.54) is 0 Å². The molecule has 0 radical (unpaired) electrons. The SMILES string of the molecule is Cl.Cl.Nc1ccc(C(F)(F)F)nc1N. The summed E-state index contributed by atoms with van der Waals surface area (Å²) < 4.78 is 35.8. The number of pyridine rings is 1. The highest BCUT2D eigenvalue weighted by atomic mass is 35.5. The minimum absolute atomic E-state index is 0. The van der Waals surface area contributed by atoms with E-state index >= 15 is 0 Å². The van der Waals surface area contributed by atoms with Gasteiger partial charge in [-0.1, -0.05) is 0 Å². The zero-order chi connectivity index (χ0) is 9.35. The number of anilines is 2. The Kier molecular flexibility index (Phi) is 5.69. The van der Waals surface area contributed by atoms with Gasteiger partial charge in [0.15, 0.2) is 0 Å². The largest absolute Gasteiger partial charge is 0.433 e. The predicted molar refractivity (Wildman–Crippen MR) is 52.6 cm³/mol. The van der Waals surface area contributed by atoms with E-state index in [2.05, 4.69) is 4.98 Å². The van der Waals surface area contributed by atoms with E-state index in [0.29, 0.717) is 0 Å². The summed E-state index contributed by atoms with van der Waals surface area (Å²) >= 11 is 0. The highest BCUT2D eigenvalue weighted by molar-refractivity contribution is 5.85. The number of alkyl halides is 3. The maximum atomic E-state index is 11.9. The van der Waals surface area contributed by atoms with Crippen molar-refractivity contribution >= 4 is 36.3 Å². The molecule has 0 spiro atoms. The lowest BCUT2D eigenvalue weighted by Gasteiger charge is -2.06. The van der Waals surface area contributed by atoms with Crippen LogP contribution in [0.4, 0.5) is 24.7 Å². The van der Waals surface area contributed by atoms with Gasteiger partial charge in [0.2, 0.25) is 0 Å². The maximum Gasteiger partial charge on any atom is 0.433 e. The van der Waals surface area contributed by atoms with Gasteiger partial charge in [-0.2, -0.15) is 13.2 Å². The second-order valence-corrected chi connectivity index (χ2v) is 2.17. The average Bonchev–Trinajstić information content (AvgIpc) is 1.92. The van der Waals surface area contributed by atoms with Crippen molar-refractivity contribution in [1.82, 2.24) is 4.98 Å². The molecule has 1 heterocycles. The number of hydrogen-bond donors (Lipinski definition) is 2. The number of halogens is 5. The highest BCUT2D eigenvalue weighted by Crippen LogP contribution is 2.29. The van der Waals surface area contributed by atoms with Crippen LogP contribution in [0.25, 0.3) is 0 Å². The number of hydrogen-bond acceptors (Lipinski definition) is 3. The number of aromatic nitrogens is 1. The minimum Gasteiger partial charge on any atom is -0.396 e. The Hall–Kier alpha value is -0.880. The molecule has 0 aromatic carbocycles. The second kappa shape index (κ2) is 5.11. The third kappa shape index (κ3) is 3.47. The Morgan fingerprint density at radius 3 is 1.93 bits per heavy atom. The normalized spacial score (nSPS) is 9.93. The van der Waals surface area contributed by atoms with Crippen LogP contribution in [0, 0.1) is 0 Å². The predicted octanol–water partition coefficient (Wildman–Crippen LogP) is 2.11. The molecule has 1 aromatic rings. The Morgan fingerprint density at radius 1 is 1.07 bits per heavy atom. The van der Waals surface area contributed by atoms with Crippen LogP contribution in [-0.4, -0.2) is 4.98 Å². The van der Waals surface area contributed by atoms with Gasteiger partial charge in [0, 0.05) is 0 Å². The van der Waals surface area contributed by atoms with Crippen molar-refractivity contribution in [3.63, 3.8) is 0 Å². The Balaban J connectivity index is 0. The third-order valence-electron chi connectivity index (χ3n) is 1.25. The summed E-state index contributed by atoms with van der Waals surface area (Å²) in [6.07, 6.45) is -4.47. The zero-order valence-electron chi connectivity index (χ0n) is 6.71. The molecule has 0 saturated carbocycles. The fraction of sp³-hybridized carbons (Fsp3) is 0.167. The molecule has 0 amide bonds. The molecule has 1 rings (SSSR count). The molecule has 0 unspecified atom stereocenters. The maximum absolute atomic E-state index is 11.9. The van der Waals surface area contributed by atoms with Crippen LogP contribution in [0.1, 0.15) is 5.69 Å². The van der Waals surface area contributed by atoms with Gasteiger partial charge < -0.3 is 11.5 Å². The van der Waals surface area contributed by atoms with Gasteiger partial charge in [-0.25, -0.2) is 4.98 Å². The van der Waals surface area contributed by atoms with Gasteiger partial charge >= 0.3 is 6.18 Å². The van der Waals surface area contributed by atoms with Gasteiger partial charge in [-0.05, 0) is 12.1 Å². The molecule has 8 heteroatoms. The van der Waals surface area contributed by atoms with Crippen molar-refractivity contribution < 1.29 is 13.2 Å². The van der Waals surface area contributed by atoms with Gasteiger partial charge in [0.25, 0.3) is 0 Å². The Labute approximate surface area is 90.5 Å². The number of nitrogen functional groups attached to an aromatic ring is 2. The van der Waals surface area contributed by atoms with Crippen LogP contribution in [0.5, 0.6) is 0 Å². The molecule has 1 aromatic heterocycles. The summed E-state index contributed by atoms with van der Waals surface area (Å²) in [5.74, 6) is -0.301. The van der Waals surface area contributed by atoms with Gasteiger partial charge in [-0.15, -0.1) is 24.8 Å². The average molecular weight is 250 g/mol. The first-order valence-electron chi connectivity index (χ1n) is 3.00. The molecule has 0 atom stereocenters. The van der Waals surface area contributed by atoms with Gasteiger partial charge in [-0.3, -0.25) is 0 Å². The minimum atomic E-state index is -4.47. The third-order valence-corrected chi connectivity index (χ3v) is 1.25. The van der Waals surface area contributed by atoms with Crippen LogP contribution in [0.3, 0.4) is 0 Å². The molecular weight excluding hydrogens is 242 g/mol. The van der Waals surface area contributed by atoms with E-state index in [-0.39, 0.29) is 36.3 Å². The molecule has 0 aliphatic rings. The first-order valence-corrected chi connectivity index (χ1v) is 3.00. The molecular formula is C6H8Cl2F3N3. The van der Waals surface area contributed by atoms with Crippen LogP contribution in [0.15, 0.2) is 12.1 Å². The first-order chi connectivity index (χ1) is 5.41. The van der Waals surface area contributed by atoms with Crippen molar-refractivity contribution in [3.8, 4) is 0 Å². The van der Waals surface area contributed by atoms with Crippen LogP contribution in [0.2, 0.25) is 0 Å². The number of nitrogens with zero attached hydrogens (tertiary/aromatic N) is 1. The lowest BCUT2D eigenvalue weighted by atomic mass is 10.3. The summed E-state index contributed by atoms with van der Waals surface area (Å²) in [7, 11) is 0. The van der Waals surface area contributed by atoms with Crippen molar-refractivity contribution in [3.05, 3.63) is 17.8 Å². The van der Waals surface area contributed by atoms with E-state index in [9.17, 15) is 13.2 Å². The molecule has 0 bridgehead atoms. The lowest BCUT2D eigenvalue weighted by molar-refractivity contribution is -0.141. The van der Waals surface area contributed by atoms with E-state index < -0.39 is 11.9 Å². The fourth-order valence-corrected chi connectivity index (χ4v) is 0.644. The summed E-state index contributed by atoms with van der Waals surface area (Å²) in [5, 5.41) is 0. The Morgan fingerprint density at radius 2 is 1.57 bits per heavy atom. The van der Waals surface area contributed by atoms with Gasteiger partial charge in [0.05, 0.1) is 5.69 Å². The van der Waals surface area contributed by atoms with E-state index in [1.54, 1.807) is 0 Å². The van der Waals surface area contributed by atoms with E-state index in [0.717, 1.165) is 12.1 Å². The topological polar surface area (TPSA) is 64.9 Å². The summed E-state index contributed by atoms with van der Waals surface area (Å²) in [6.45, 7) is 0. The number of rotatable bonds is 0. The lowest BCUT2D eigenvalue weighted by Crippen LogP contribution is -2.10. The summed E-state index contributed by atoms with van der Waals surface area (Å²) in [5.41, 5.74) is 9.27. The monoisotopic (exact) mass is 249 g/mol. The molecule has 3 nitrogen and oxygen atoms in total. The van der Waals surface area contributed by atoms with Crippen molar-refractivity contribution in [2.45, 2.75) is 6.18 Å². The summed E-state index contributed by atoms with van der Waals surface area (Å²) in [6, 6.07) is 1.86. The fourth-order valence-electron chi connectivity index (χ4n) is 0.644. The van der Waals surface area contributed by atoms with Crippen LogP contribution < -0.4 is 11.5 Å². The van der Waals surface area contributed by atoms with E-state index in [1.807, 2.05) is 0 Å². The smallest absolute Gasteiger partial charge is 0.396 e. The molecule has 14 heavy (non-hydrogen) atoms. The standard InChI is InChI=1S/C6H6F3N3.2ClH/c7-6(8,9)4-2-1-3(10)5(11)12-4;;/h1-2H,10H2,(H2,11,12);2*1H. The molecule has 0 saturated heterocycles. The van der Waals surface area contributed by atoms with Crippen molar-refractivity contribution in [2.24, 2.45) is 0 Å². The summed E-state index contributed by atoms with van der Waals surface area (Å²) in [4.78, 5) is 3.07. The van der Waals surface area contributed by atoms with Crippen molar-refractivity contribution in [1.29, 1.82) is 0 Å². The van der Waals surface area contributed by atoms with Crippen molar-refractivity contribution in [2.75, 3.05) is 11.5 Å². The molecule has 0 aliphatic heterocycles. The second-order valence-electron chi connectivity index (χ2n) is 2.17. The molecule has 0 fully saturated rings. The highest BCUT2D eigenvalue weighted by Gasteiger charge is 2.32. The van der Waals surface area contributed by atoms with Crippen LogP contribution >= 0.6 is 24.8 Å². The molecule has 4 N–H and O–H groups in total. The van der Waals surface area contributed by atoms with E-state index in [4.69, 9.17) is 11.5 Å². The van der Waals surface area contributed by atoms with Gasteiger partial charge in [0.1, 0.15) is 11.5 Å². The van der Waals surface area contributed by atoms with Crippen LogP contribution in [-0.2, 0) is 6.18 Å².